The van der Waals surface area contributed by atoms with Gasteiger partial charge >= 0.3 is 0 Å². The zero-order valence-electron chi connectivity index (χ0n) is 16.1. The number of hydrogen-bond donors (Lipinski definition) is 0. The summed E-state index contributed by atoms with van der Waals surface area (Å²) in [5, 5.41) is 0.394. The molecule has 152 valence electrons. The second kappa shape index (κ2) is 7.57. The van der Waals surface area contributed by atoms with Crippen molar-refractivity contribution in [3.05, 3.63) is 65.0 Å². The van der Waals surface area contributed by atoms with E-state index in [0.717, 1.165) is 16.8 Å². The minimum Gasteiger partial charge on any atom is -0.316 e. The highest BCUT2D eigenvalue weighted by Crippen LogP contribution is 2.41. The number of aryl methyl sites for hydroxylation is 2. The molecule has 0 aromatic heterocycles. The predicted octanol–water partition coefficient (Wildman–Crippen LogP) is 3.29. The largest absolute Gasteiger partial charge is 0.316 e. The van der Waals surface area contributed by atoms with E-state index in [1.54, 1.807) is 12.1 Å². The lowest BCUT2D eigenvalue weighted by molar-refractivity contribution is -0.117. The van der Waals surface area contributed by atoms with Gasteiger partial charge in [0.05, 0.1) is 24.0 Å². The summed E-state index contributed by atoms with van der Waals surface area (Å²) in [5.74, 6) is -0.539. The van der Waals surface area contributed by atoms with Crippen LogP contribution >= 0.6 is 11.8 Å². The summed E-state index contributed by atoms with van der Waals surface area (Å²) in [4.78, 5) is 18.8. The van der Waals surface area contributed by atoms with Gasteiger partial charge in [0.1, 0.15) is 5.82 Å². The summed E-state index contributed by atoms with van der Waals surface area (Å²) in [5.41, 5.74) is 3.66. The van der Waals surface area contributed by atoms with E-state index in [1.807, 2.05) is 36.9 Å². The van der Waals surface area contributed by atoms with E-state index in [2.05, 4.69) is 4.99 Å². The zero-order chi connectivity index (χ0) is 20.8. The second-order valence-electron chi connectivity index (χ2n) is 7.61. The third-order valence-electron chi connectivity index (χ3n) is 5.04. The third-order valence-corrected chi connectivity index (χ3v) is 8.25. The first-order chi connectivity index (χ1) is 13.7. The highest BCUT2D eigenvalue weighted by atomic mass is 32.2. The number of anilines is 1. The summed E-state index contributed by atoms with van der Waals surface area (Å²) < 4.78 is 37.4. The first kappa shape index (κ1) is 20.1. The van der Waals surface area contributed by atoms with Crippen molar-refractivity contribution < 1.29 is 17.6 Å². The maximum Gasteiger partial charge on any atom is 0.252 e. The van der Waals surface area contributed by atoms with E-state index >= 15 is 0 Å². The first-order valence-electron chi connectivity index (χ1n) is 9.31. The van der Waals surface area contributed by atoms with Gasteiger partial charge in [-0.05, 0) is 54.8 Å². The van der Waals surface area contributed by atoms with Gasteiger partial charge in [0.25, 0.3) is 5.91 Å². The lowest BCUT2D eigenvalue weighted by Crippen LogP contribution is -2.37. The number of carbonyl (C=O) groups is 1. The Morgan fingerprint density at radius 3 is 2.45 bits per heavy atom. The SMILES string of the molecule is Cc1cc(C)cc(N2C(=NC(=O)Cc3ccc(F)cc3)S[C@H]3CS(=O)(=O)C[C@@H]32)c1. The molecule has 2 fully saturated rings. The van der Waals surface area contributed by atoms with Crippen LogP contribution in [-0.4, -0.2) is 42.3 Å². The number of rotatable bonds is 3. The van der Waals surface area contributed by atoms with E-state index in [0.29, 0.717) is 10.7 Å². The smallest absolute Gasteiger partial charge is 0.252 e. The third kappa shape index (κ3) is 4.38. The molecule has 2 heterocycles. The van der Waals surface area contributed by atoms with Crippen molar-refractivity contribution in [3.63, 3.8) is 0 Å². The molecule has 5 nitrogen and oxygen atoms in total. The Balaban J connectivity index is 1.66. The van der Waals surface area contributed by atoms with Gasteiger partial charge in [-0.25, -0.2) is 12.8 Å². The molecule has 2 aliphatic rings. The molecule has 2 atom stereocenters. The molecule has 0 spiro atoms. The van der Waals surface area contributed by atoms with Crippen molar-refractivity contribution in [1.29, 1.82) is 0 Å². The Labute approximate surface area is 173 Å². The molecular weight excluding hydrogens is 411 g/mol. The molecule has 0 unspecified atom stereocenters. The van der Waals surface area contributed by atoms with E-state index in [4.69, 9.17) is 0 Å². The Morgan fingerprint density at radius 1 is 1.14 bits per heavy atom. The predicted molar refractivity (Wildman–Crippen MR) is 115 cm³/mol. The summed E-state index contributed by atoms with van der Waals surface area (Å²) in [7, 11) is -3.11. The zero-order valence-corrected chi connectivity index (χ0v) is 17.8. The van der Waals surface area contributed by atoms with Crippen molar-refractivity contribution in [3.8, 4) is 0 Å². The normalized spacial score (nSPS) is 24.1. The topological polar surface area (TPSA) is 66.8 Å². The van der Waals surface area contributed by atoms with E-state index in [1.165, 1.54) is 23.9 Å². The van der Waals surface area contributed by atoms with Crippen molar-refractivity contribution in [2.75, 3.05) is 16.4 Å². The van der Waals surface area contributed by atoms with Crippen LogP contribution in [-0.2, 0) is 21.1 Å². The molecule has 0 bridgehead atoms. The molecule has 2 aromatic rings. The number of hydrogen-bond acceptors (Lipinski definition) is 4. The van der Waals surface area contributed by atoms with Gasteiger partial charge in [-0.15, -0.1) is 0 Å². The Bertz CT molecular complexity index is 1080. The van der Waals surface area contributed by atoms with Crippen LogP contribution < -0.4 is 4.90 Å². The Morgan fingerprint density at radius 2 is 1.79 bits per heavy atom. The number of aliphatic imine (C=N–C) groups is 1. The molecule has 0 N–H and O–H groups in total. The van der Waals surface area contributed by atoms with Crippen LogP contribution in [0, 0.1) is 19.7 Å². The lowest BCUT2D eigenvalue weighted by Gasteiger charge is -2.25. The van der Waals surface area contributed by atoms with Crippen molar-refractivity contribution in [2.24, 2.45) is 4.99 Å². The van der Waals surface area contributed by atoms with Crippen LogP contribution in [0.3, 0.4) is 0 Å². The fraction of sp³-hybridized carbons (Fsp3) is 0.333. The maximum absolute atomic E-state index is 13.1. The molecule has 8 heteroatoms. The number of nitrogens with zero attached hydrogens (tertiary/aromatic N) is 2. The van der Waals surface area contributed by atoms with Crippen LogP contribution in [0.25, 0.3) is 0 Å². The monoisotopic (exact) mass is 432 g/mol. The highest BCUT2D eigenvalue weighted by molar-refractivity contribution is 8.16. The van der Waals surface area contributed by atoms with Gasteiger partial charge in [0.2, 0.25) is 0 Å². The Hall–Kier alpha value is -2.19. The molecule has 1 amide bonds. The molecule has 2 aliphatic heterocycles. The minimum absolute atomic E-state index is 0.0584. The lowest BCUT2D eigenvalue weighted by atomic mass is 10.1. The van der Waals surface area contributed by atoms with Crippen molar-refractivity contribution in [2.45, 2.75) is 31.6 Å². The van der Waals surface area contributed by atoms with Crippen molar-refractivity contribution >= 4 is 38.4 Å². The number of thioether (sulfide) groups is 1. The number of sulfone groups is 1. The van der Waals surface area contributed by atoms with Gasteiger partial charge in [0, 0.05) is 10.9 Å². The van der Waals surface area contributed by atoms with Gasteiger partial charge in [-0.1, -0.05) is 30.0 Å². The standard InChI is InChI=1S/C21H21FN2O3S2/c1-13-7-14(2)9-17(8-13)24-18-11-29(26,27)12-19(18)28-21(24)23-20(25)10-15-3-5-16(22)6-4-15/h3-9,18-19H,10-12H2,1-2H3/t18-,19-/m0/s1. The Kier molecular flexibility index (Phi) is 5.25. The average molecular weight is 433 g/mol. The summed E-state index contributed by atoms with van der Waals surface area (Å²) in [6.07, 6.45) is 0.0681. The fourth-order valence-corrected chi connectivity index (χ4v) is 7.81. The highest BCUT2D eigenvalue weighted by Gasteiger charge is 2.49. The molecule has 0 saturated carbocycles. The fourth-order valence-electron chi connectivity index (χ4n) is 3.88. The first-order valence-corrected chi connectivity index (χ1v) is 12.0. The number of fused-ring (bicyclic) bond motifs is 1. The van der Waals surface area contributed by atoms with Crippen LogP contribution in [0.5, 0.6) is 0 Å². The number of amides is 1. The van der Waals surface area contributed by atoms with Crippen LogP contribution in [0.4, 0.5) is 10.1 Å². The maximum atomic E-state index is 13.1. The second-order valence-corrected chi connectivity index (χ2v) is 11.0. The van der Waals surface area contributed by atoms with Crippen molar-refractivity contribution in [1.82, 2.24) is 0 Å². The van der Waals surface area contributed by atoms with Gasteiger partial charge in [-0.2, -0.15) is 4.99 Å². The van der Waals surface area contributed by atoms with Gasteiger partial charge in [0.15, 0.2) is 15.0 Å². The minimum atomic E-state index is -3.11. The number of halogens is 1. The van der Waals surface area contributed by atoms with E-state index < -0.39 is 9.84 Å². The number of carbonyl (C=O) groups excluding carboxylic acids is 1. The number of amidine groups is 1. The summed E-state index contributed by atoms with van der Waals surface area (Å²) in [6, 6.07) is 11.6. The molecule has 0 radical (unpaired) electrons. The quantitative estimate of drug-likeness (QED) is 0.745. The molecule has 2 aromatic carbocycles. The van der Waals surface area contributed by atoms with Crippen LogP contribution in [0.2, 0.25) is 0 Å². The molecule has 29 heavy (non-hydrogen) atoms. The summed E-state index contributed by atoms with van der Waals surface area (Å²) in [6.45, 7) is 3.97. The average Bonchev–Trinajstić information content (AvgIpc) is 3.06. The molecule has 2 saturated heterocycles. The molecular formula is C21H21FN2O3S2. The van der Waals surface area contributed by atoms with Crippen LogP contribution in [0.1, 0.15) is 16.7 Å². The molecule has 0 aliphatic carbocycles. The van der Waals surface area contributed by atoms with Crippen LogP contribution in [0.15, 0.2) is 47.5 Å². The summed E-state index contributed by atoms with van der Waals surface area (Å²) >= 11 is 1.36. The van der Waals surface area contributed by atoms with E-state index in [9.17, 15) is 17.6 Å². The number of benzene rings is 2. The molecule has 4 rings (SSSR count). The van der Waals surface area contributed by atoms with Gasteiger partial charge in [-0.3, -0.25) is 4.79 Å². The van der Waals surface area contributed by atoms with Gasteiger partial charge < -0.3 is 4.90 Å². The van der Waals surface area contributed by atoms with E-state index in [-0.39, 0.29) is 40.9 Å².